The molecule has 0 atom stereocenters. The van der Waals surface area contributed by atoms with Crippen molar-refractivity contribution in [3.63, 3.8) is 0 Å². The van der Waals surface area contributed by atoms with Crippen LogP contribution < -0.4 is 10.6 Å². The fourth-order valence-corrected chi connectivity index (χ4v) is 1.97. The van der Waals surface area contributed by atoms with Crippen LogP contribution in [-0.2, 0) is 13.1 Å². The van der Waals surface area contributed by atoms with Gasteiger partial charge in [-0.2, -0.15) is 4.98 Å². The highest BCUT2D eigenvalue weighted by Crippen LogP contribution is 2.23. The van der Waals surface area contributed by atoms with Gasteiger partial charge in [0.2, 0.25) is 0 Å². The summed E-state index contributed by atoms with van der Waals surface area (Å²) in [6, 6.07) is 5.97. The van der Waals surface area contributed by atoms with Crippen molar-refractivity contribution in [3.05, 3.63) is 35.2 Å². The number of carbonyl (C=O) groups is 1. The molecule has 92 valence electrons. The van der Waals surface area contributed by atoms with E-state index in [-0.39, 0.29) is 11.7 Å². The van der Waals surface area contributed by atoms with Crippen LogP contribution in [0.3, 0.4) is 0 Å². The largest absolute Gasteiger partial charge is 0.352 e. The predicted molar refractivity (Wildman–Crippen MR) is 63.7 cm³/mol. The Morgan fingerprint density at radius 1 is 1.39 bits per heavy atom. The molecule has 2 N–H and O–H groups in total. The molecule has 0 unspecified atom stereocenters. The maximum Gasteiger partial charge on any atom is 0.292 e. The Morgan fingerprint density at radius 3 is 3.06 bits per heavy atom. The van der Waals surface area contributed by atoms with Crippen LogP contribution in [0, 0.1) is 0 Å². The van der Waals surface area contributed by atoms with Crippen molar-refractivity contribution in [2.45, 2.75) is 13.1 Å². The van der Waals surface area contributed by atoms with Gasteiger partial charge in [0.1, 0.15) is 0 Å². The molecule has 0 radical (unpaired) electrons. The Balaban J connectivity index is 1.95. The van der Waals surface area contributed by atoms with Gasteiger partial charge < -0.3 is 15.2 Å². The van der Waals surface area contributed by atoms with Crippen molar-refractivity contribution in [2.75, 3.05) is 7.05 Å². The summed E-state index contributed by atoms with van der Waals surface area (Å²) in [5, 5.41) is 9.37. The van der Waals surface area contributed by atoms with E-state index in [0.717, 1.165) is 18.7 Å². The molecule has 0 spiro atoms. The van der Waals surface area contributed by atoms with Crippen LogP contribution in [0.2, 0.25) is 0 Å². The van der Waals surface area contributed by atoms with E-state index < -0.39 is 0 Å². The van der Waals surface area contributed by atoms with Crippen molar-refractivity contribution in [1.29, 1.82) is 0 Å². The molecule has 1 aromatic heterocycles. The first-order valence-electron chi connectivity index (χ1n) is 5.66. The summed E-state index contributed by atoms with van der Waals surface area (Å²) < 4.78 is 5.09. The van der Waals surface area contributed by atoms with Crippen LogP contribution in [0.15, 0.2) is 22.7 Å². The minimum Gasteiger partial charge on any atom is -0.352 e. The normalized spacial score (nSPS) is 13.4. The molecule has 0 saturated carbocycles. The van der Waals surface area contributed by atoms with Gasteiger partial charge in [0.25, 0.3) is 17.6 Å². The van der Waals surface area contributed by atoms with E-state index in [4.69, 9.17) is 4.52 Å². The molecule has 1 aromatic carbocycles. The molecule has 1 aliphatic heterocycles. The third-order valence-corrected chi connectivity index (χ3v) is 2.94. The molecule has 0 bridgehead atoms. The second-order valence-corrected chi connectivity index (χ2v) is 4.09. The summed E-state index contributed by atoms with van der Waals surface area (Å²) in [6.45, 7) is 1.74. The number of rotatable bonds is 2. The van der Waals surface area contributed by atoms with E-state index in [1.807, 2.05) is 18.2 Å². The molecular formula is C12H12N4O2. The number of fused-ring (bicyclic) bond motifs is 1. The molecule has 2 heterocycles. The number of hydrogen-bond donors (Lipinski definition) is 2. The lowest BCUT2D eigenvalue weighted by Gasteiger charge is -1.99. The number of nitrogens with one attached hydrogen (secondary N) is 2. The average Bonchev–Trinajstić information content (AvgIpc) is 3.05. The number of aromatic nitrogens is 2. The maximum atomic E-state index is 11.3. The summed E-state index contributed by atoms with van der Waals surface area (Å²) in [4.78, 5) is 15.4. The van der Waals surface area contributed by atoms with Crippen molar-refractivity contribution in [1.82, 2.24) is 20.8 Å². The van der Waals surface area contributed by atoms with Crippen LogP contribution in [0.25, 0.3) is 11.5 Å². The highest BCUT2D eigenvalue weighted by atomic mass is 16.5. The van der Waals surface area contributed by atoms with E-state index in [2.05, 4.69) is 20.8 Å². The molecule has 6 heteroatoms. The first-order valence-corrected chi connectivity index (χ1v) is 5.66. The van der Waals surface area contributed by atoms with Gasteiger partial charge in [0, 0.05) is 25.7 Å². The lowest BCUT2D eigenvalue weighted by molar-refractivity contribution is 0.0950. The minimum absolute atomic E-state index is 0.0473. The second-order valence-electron chi connectivity index (χ2n) is 4.09. The third kappa shape index (κ3) is 1.76. The molecular weight excluding hydrogens is 232 g/mol. The summed E-state index contributed by atoms with van der Waals surface area (Å²) >= 11 is 0. The number of benzene rings is 1. The van der Waals surface area contributed by atoms with Crippen molar-refractivity contribution in [3.8, 4) is 11.5 Å². The molecule has 6 nitrogen and oxygen atoms in total. The lowest BCUT2D eigenvalue weighted by Crippen LogP contribution is -2.19. The van der Waals surface area contributed by atoms with Gasteiger partial charge in [-0.05, 0) is 23.3 Å². The Bertz CT molecular complexity index is 606. The summed E-state index contributed by atoms with van der Waals surface area (Å²) in [5.74, 6) is 0.0576. The molecule has 2 aromatic rings. The van der Waals surface area contributed by atoms with Gasteiger partial charge in [-0.3, -0.25) is 4.79 Å². The second kappa shape index (κ2) is 4.23. The number of carbonyl (C=O) groups excluding carboxylic acids is 1. The van der Waals surface area contributed by atoms with Gasteiger partial charge in [-0.15, -0.1) is 0 Å². The van der Waals surface area contributed by atoms with Gasteiger partial charge in [-0.25, -0.2) is 0 Å². The van der Waals surface area contributed by atoms with Crippen molar-refractivity contribution in [2.24, 2.45) is 0 Å². The smallest absolute Gasteiger partial charge is 0.292 e. The zero-order chi connectivity index (χ0) is 12.5. The van der Waals surface area contributed by atoms with Crippen LogP contribution in [0.4, 0.5) is 0 Å². The molecule has 0 fully saturated rings. The predicted octanol–water partition coefficient (Wildman–Crippen LogP) is 0.699. The standard InChI is InChI=1S/C12H12N4O2/c1-13-11(17)10-15-12(18-16-10)7-2-3-8-5-14-6-9(8)4-7/h2-4,14H,5-6H2,1H3,(H,13,17). The van der Waals surface area contributed by atoms with Gasteiger partial charge in [0.15, 0.2) is 0 Å². The van der Waals surface area contributed by atoms with E-state index >= 15 is 0 Å². The summed E-state index contributed by atoms with van der Waals surface area (Å²) in [7, 11) is 1.53. The highest BCUT2D eigenvalue weighted by molar-refractivity contribution is 5.90. The number of hydrogen-bond acceptors (Lipinski definition) is 5. The molecule has 1 amide bonds. The average molecular weight is 244 g/mol. The molecule has 0 saturated heterocycles. The molecule has 18 heavy (non-hydrogen) atoms. The quantitative estimate of drug-likeness (QED) is 0.812. The lowest BCUT2D eigenvalue weighted by atomic mass is 10.1. The minimum atomic E-state index is -0.354. The summed E-state index contributed by atoms with van der Waals surface area (Å²) in [6.07, 6.45) is 0. The monoisotopic (exact) mass is 244 g/mol. The zero-order valence-electron chi connectivity index (χ0n) is 9.86. The number of nitrogens with zero attached hydrogens (tertiary/aromatic N) is 2. The summed E-state index contributed by atoms with van der Waals surface area (Å²) in [5.41, 5.74) is 3.34. The Labute approximate surface area is 103 Å². The zero-order valence-corrected chi connectivity index (χ0v) is 9.86. The number of amides is 1. The van der Waals surface area contributed by atoms with Gasteiger partial charge in [-0.1, -0.05) is 11.2 Å². The van der Waals surface area contributed by atoms with Crippen molar-refractivity contribution >= 4 is 5.91 Å². The SMILES string of the molecule is CNC(=O)c1noc(-c2ccc3c(c2)CNC3)n1. The van der Waals surface area contributed by atoms with Crippen LogP contribution in [0.1, 0.15) is 21.7 Å². The fourth-order valence-electron chi connectivity index (χ4n) is 1.97. The fraction of sp³-hybridized carbons (Fsp3) is 0.250. The van der Waals surface area contributed by atoms with Gasteiger partial charge >= 0.3 is 0 Å². The Kier molecular flexibility index (Phi) is 2.56. The van der Waals surface area contributed by atoms with Crippen LogP contribution in [-0.4, -0.2) is 23.1 Å². The molecule has 3 rings (SSSR count). The van der Waals surface area contributed by atoms with E-state index in [0.29, 0.717) is 5.89 Å². The van der Waals surface area contributed by atoms with Crippen molar-refractivity contribution < 1.29 is 9.32 Å². The van der Waals surface area contributed by atoms with Crippen LogP contribution >= 0.6 is 0 Å². The third-order valence-electron chi connectivity index (χ3n) is 2.94. The first-order chi connectivity index (χ1) is 8.78. The highest BCUT2D eigenvalue weighted by Gasteiger charge is 2.16. The Morgan fingerprint density at radius 2 is 2.22 bits per heavy atom. The molecule has 1 aliphatic rings. The topological polar surface area (TPSA) is 80.0 Å². The maximum absolute atomic E-state index is 11.3. The first kappa shape index (κ1) is 10.9. The van der Waals surface area contributed by atoms with E-state index in [1.54, 1.807) is 0 Å². The molecule has 0 aliphatic carbocycles. The Hall–Kier alpha value is -2.21. The van der Waals surface area contributed by atoms with Gasteiger partial charge in [0.05, 0.1) is 0 Å². The van der Waals surface area contributed by atoms with Crippen LogP contribution in [0.5, 0.6) is 0 Å². The van der Waals surface area contributed by atoms with E-state index in [1.165, 1.54) is 18.2 Å². The van der Waals surface area contributed by atoms with E-state index in [9.17, 15) is 4.79 Å².